The second kappa shape index (κ2) is 38.5. The molecule has 0 aliphatic heterocycles. The second-order valence-electron chi connectivity index (χ2n) is 31.0. The fraction of sp³-hybridized carbons (Fsp3) is 0.0769. The number of aromatic nitrogens is 6. The summed E-state index contributed by atoms with van der Waals surface area (Å²) in [6.07, 6.45) is 1.35. The largest absolute Gasteiger partial charge is 0.497 e. The summed E-state index contributed by atoms with van der Waals surface area (Å²) in [6, 6.07) is 78.8. The number of carbonyl (C=O) groups is 12. The highest BCUT2D eigenvalue weighted by Crippen LogP contribution is 2.41. The van der Waals surface area contributed by atoms with Crippen LogP contribution in [-0.2, 0) is 39.0 Å². The molecule has 0 amide bonds. The third-order valence-electron chi connectivity index (χ3n) is 22.2. The molecule has 17 aromatic rings. The summed E-state index contributed by atoms with van der Waals surface area (Å²) < 4.78 is 51.8. The zero-order valence-electron chi connectivity index (χ0n) is 71.7. The van der Waals surface area contributed by atoms with E-state index < -0.39 is 75.2 Å². The third kappa shape index (κ3) is 18.4. The van der Waals surface area contributed by atoms with Crippen LogP contribution in [0.25, 0.3) is 67.9 Å². The first-order valence-corrected chi connectivity index (χ1v) is 42.9. The molecule has 0 fully saturated rings. The first-order valence-electron chi connectivity index (χ1n) is 42.1. The molecule has 30 nitrogen and oxygen atoms in total. The molecule has 0 saturated carbocycles. The molecule has 137 heavy (non-hydrogen) atoms. The Morgan fingerprint density at radius 3 is 1.03 bits per heavy atom. The maximum atomic E-state index is 13.0. The molecule has 674 valence electrons. The van der Waals surface area contributed by atoms with Gasteiger partial charge in [-0.1, -0.05) is 205 Å². The van der Waals surface area contributed by atoms with Gasteiger partial charge in [-0.3, -0.25) is 62.5 Å². The summed E-state index contributed by atoms with van der Waals surface area (Å²) >= 11 is 11.8. The molecule has 6 aliphatic rings. The van der Waals surface area contributed by atoms with Gasteiger partial charge in [-0.15, -0.1) is 0 Å². The predicted octanol–water partition coefficient (Wildman–Crippen LogP) is 19.3. The van der Waals surface area contributed by atoms with E-state index in [0.717, 1.165) is 34.9 Å². The molecule has 33 heteroatoms. The Kier molecular flexibility index (Phi) is 25.2. The standard InChI is InChI=1S/C19H13FN2O3.C19H14N2O4.C19H13NO3.2C18H11ClN2O3.C11H5NO4/c1-22(12-8-6-11(20)7-9-12)10-15-21-16-18(24)17(23)13-4-2-3-5-14(13)19(16)25-15;1-24-12-8-6-11(7-9-12)20-10-15-21-16-18(23)17(22)13-4-2-3-5-14(13)19(16)25-15;21-17-13-8-4-5-9-14(13)19-16(18(17)22)20-15(23-19)11-10-12-6-2-1-3-7-12;19-10-4-3-5-11(8-10)20-9-14-21-15-17(23)16(22)12-6-1-2-7-13(12)18(15)24-14;19-10-5-7-11(8-6-10)20-9-14-21-15-17(23)16(22)12-3-1-2-4-13(12)18(15)24-14;13-8-5-3-1-2-4-6(5)10-7(9(8)14)12-11(15)16-10/h2-9H,10H2,1H3;2-9,20H,10H2,1H3;1-9H,10-11H2;2*1-8,20H,9H2;1-4H,(H,12,15). The number of fused-ring (bicyclic) bond motifs is 18. The highest BCUT2D eigenvalue weighted by atomic mass is 35.5. The van der Waals surface area contributed by atoms with Crippen LogP contribution in [0.2, 0.25) is 10.0 Å². The minimum Gasteiger partial charge on any atom is -0.497 e. The number of benzene rings is 11. The van der Waals surface area contributed by atoms with Gasteiger partial charge >= 0.3 is 5.76 Å². The van der Waals surface area contributed by atoms with E-state index in [9.17, 15) is 66.7 Å². The van der Waals surface area contributed by atoms with E-state index in [1.54, 1.807) is 184 Å². The molecule has 0 radical (unpaired) electrons. The number of nitrogens with one attached hydrogen (secondary N) is 4. The van der Waals surface area contributed by atoms with Gasteiger partial charge in [0, 0.05) is 113 Å². The van der Waals surface area contributed by atoms with Crippen LogP contribution in [0.1, 0.15) is 160 Å². The van der Waals surface area contributed by atoms with E-state index >= 15 is 0 Å². The lowest BCUT2D eigenvalue weighted by atomic mass is 9.91. The van der Waals surface area contributed by atoms with E-state index in [-0.39, 0.29) is 70.9 Å². The van der Waals surface area contributed by atoms with Crippen LogP contribution in [0, 0.1) is 5.82 Å². The first-order chi connectivity index (χ1) is 66.4. The Bertz CT molecular complexity index is 7860. The number of H-pyrrole nitrogens is 1. The molecule has 0 bridgehead atoms. The smallest absolute Gasteiger partial charge is 0.417 e. The summed E-state index contributed by atoms with van der Waals surface area (Å²) in [5.74, 6) is -3.81. The van der Waals surface area contributed by atoms with Crippen molar-refractivity contribution in [2.75, 3.05) is 35.0 Å². The molecule has 6 aromatic heterocycles. The van der Waals surface area contributed by atoms with Gasteiger partial charge in [0.1, 0.15) is 17.3 Å². The first kappa shape index (κ1) is 89.6. The summed E-state index contributed by atoms with van der Waals surface area (Å²) in [7, 11) is 3.41. The Morgan fingerprint density at radius 2 is 0.642 bits per heavy atom. The number of rotatable bonds is 16. The average molecular weight is 1870 g/mol. The van der Waals surface area contributed by atoms with Crippen LogP contribution in [-0.4, -0.2) is 113 Å². The number of halogens is 3. The Balaban J connectivity index is 0.000000110. The van der Waals surface area contributed by atoms with Crippen molar-refractivity contribution in [3.8, 4) is 73.7 Å². The van der Waals surface area contributed by atoms with Gasteiger partial charge in [-0.2, -0.15) is 0 Å². The Hall–Kier alpha value is -18.0. The number of hydrogen-bond donors (Lipinski definition) is 4. The quantitative estimate of drug-likeness (QED) is 0.0653. The van der Waals surface area contributed by atoms with Gasteiger partial charge in [0.2, 0.25) is 58.3 Å². The second-order valence-corrected chi connectivity index (χ2v) is 31.9. The number of aryl methyl sites for hydroxylation is 2. The van der Waals surface area contributed by atoms with Crippen LogP contribution in [0.5, 0.6) is 5.75 Å². The predicted molar refractivity (Wildman–Crippen MR) is 497 cm³/mol. The summed E-state index contributed by atoms with van der Waals surface area (Å²) in [5.41, 5.74) is 10.3. The van der Waals surface area contributed by atoms with Crippen molar-refractivity contribution < 1.29 is 93.2 Å². The number of carbonyl (C=O) groups excluding carboxylic acids is 12. The van der Waals surface area contributed by atoms with Gasteiger partial charge < -0.3 is 52.1 Å². The van der Waals surface area contributed by atoms with Crippen molar-refractivity contribution in [2.45, 2.75) is 39.0 Å². The molecule has 0 spiro atoms. The Morgan fingerprint density at radius 1 is 0.314 bits per heavy atom. The molecule has 0 unspecified atom stereocenters. The summed E-state index contributed by atoms with van der Waals surface area (Å²) in [4.78, 5) is 181. The normalized spacial score (nSPS) is 12.8. The van der Waals surface area contributed by atoms with Crippen LogP contribution in [0.3, 0.4) is 0 Å². The van der Waals surface area contributed by atoms with Gasteiger partial charge in [0.25, 0.3) is 34.7 Å². The molecular weight excluding hydrogens is 1800 g/mol. The zero-order valence-corrected chi connectivity index (χ0v) is 73.2. The molecule has 0 saturated heterocycles. The lowest BCUT2D eigenvalue weighted by molar-refractivity contribution is 0.0812. The molecule has 6 heterocycles. The highest BCUT2D eigenvalue weighted by molar-refractivity contribution is 6.55. The van der Waals surface area contributed by atoms with Gasteiger partial charge in [0.15, 0.2) is 68.9 Å². The van der Waals surface area contributed by atoms with Crippen molar-refractivity contribution in [3.63, 3.8) is 0 Å². The average Bonchev–Trinajstić information content (AvgIpc) is 1.66. The number of oxazole rings is 6. The van der Waals surface area contributed by atoms with Crippen LogP contribution >= 0.6 is 23.2 Å². The highest BCUT2D eigenvalue weighted by Gasteiger charge is 2.41. The van der Waals surface area contributed by atoms with E-state index in [0.29, 0.717) is 142 Å². The van der Waals surface area contributed by atoms with Crippen molar-refractivity contribution >= 4 is 115 Å². The monoisotopic (exact) mass is 1860 g/mol. The van der Waals surface area contributed by atoms with Crippen LogP contribution in [0.15, 0.2) is 304 Å². The van der Waals surface area contributed by atoms with Crippen molar-refractivity contribution in [3.05, 3.63) is 402 Å². The van der Waals surface area contributed by atoms with E-state index in [4.69, 9.17) is 54.4 Å². The number of nitrogens with zero attached hydrogens (tertiary/aromatic N) is 6. The van der Waals surface area contributed by atoms with Gasteiger partial charge in [-0.25, -0.2) is 34.1 Å². The molecular formula is C104H67Cl2FN10O20. The van der Waals surface area contributed by atoms with E-state index in [2.05, 4.69) is 45.9 Å². The topological polar surface area (TPSA) is 430 Å². The Labute approximate surface area is 783 Å². The minimum atomic E-state index is -0.737. The van der Waals surface area contributed by atoms with Crippen molar-refractivity contribution in [1.29, 1.82) is 0 Å². The van der Waals surface area contributed by atoms with Crippen molar-refractivity contribution in [2.24, 2.45) is 0 Å². The van der Waals surface area contributed by atoms with Gasteiger partial charge in [-0.05, 0) is 103 Å². The lowest BCUT2D eigenvalue weighted by Crippen LogP contribution is -2.21. The molecule has 11 aromatic carbocycles. The number of hydrogen-bond acceptors (Lipinski definition) is 29. The molecule has 6 aliphatic carbocycles. The molecule has 4 N–H and O–H groups in total. The SMILES string of the molecule is CN(Cc1nc2c(o1)-c1ccccc1C(=O)C2=O)c1ccc(F)cc1.COc1ccc(NCc2nc3c(o2)-c2ccccc2C(=O)C3=O)cc1.O=C1C(=O)c2[nH]c(=O)oc2-c2ccccc21.O=C1C(=O)c2nc(CCc3ccccc3)oc2-c2ccccc21.O=C1C(=O)c2nc(CNc3ccc(Cl)cc3)oc2-c2ccccc21.O=C1C(=O)c2nc(CNc3cccc(Cl)c3)oc2-c2ccccc21. The summed E-state index contributed by atoms with van der Waals surface area (Å²) in [5, 5.41) is 10.7. The number of methoxy groups -OCH3 is 1. The summed E-state index contributed by atoms with van der Waals surface area (Å²) in [6.45, 7) is 1.14. The number of ketones is 12. The van der Waals surface area contributed by atoms with Crippen molar-refractivity contribution in [1.82, 2.24) is 29.9 Å². The third-order valence-corrected chi connectivity index (χ3v) is 22.7. The van der Waals surface area contributed by atoms with Gasteiger partial charge in [0.05, 0.1) is 33.3 Å². The molecule has 23 rings (SSSR count). The fourth-order valence-electron chi connectivity index (χ4n) is 15.5. The van der Waals surface area contributed by atoms with Crippen LogP contribution < -0.4 is 31.3 Å². The number of aromatic amines is 1. The minimum absolute atomic E-state index is 0.0474. The molecule has 0 atom stereocenters. The fourth-order valence-corrected chi connectivity index (χ4v) is 15.9. The van der Waals surface area contributed by atoms with E-state index in [1.165, 1.54) is 23.8 Å². The number of anilines is 4. The zero-order chi connectivity index (χ0) is 95.4. The maximum Gasteiger partial charge on any atom is 0.417 e. The lowest BCUT2D eigenvalue weighted by Gasteiger charge is -2.16. The van der Waals surface area contributed by atoms with E-state index in [1.807, 2.05) is 89.8 Å². The van der Waals surface area contributed by atoms with Crippen LogP contribution in [0.4, 0.5) is 27.1 Å². The number of ether oxygens (including phenoxy) is 1. The maximum absolute atomic E-state index is 13.0. The number of Topliss-reactive ketones (excluding diaryl/α,β-unsaturated/α-hetero) is 12.